The lowest BCUT2D eigenvalue weighted by Crippen LogP contribution is -2.04. The third-order valence-corrected chi connectivity index (χ3v) is 2.79. The van der Waals surface area contributed by atoms with Crippen molar-refractivity contribution in [1.29, 1.82) is 0 Å². The van der Waals surface area contributed by atoms with Crippen LogP contribution >= 0.6 is 0 Å². The van der Waals surface area contributed by atoms with Gasteiger partial charge in [0, 0.05) is 0 Å². The van der Waals surface area contributed by atoms with E-state index in [2.05, 4.69) is 13.8 Å². The molecular weight excluding hydrogens is 144 g/mol. The highest BCUT2D eigenvalue weighted by molar-refractivity contribution is 4.62. The Hall–Kier alpha value is 0. The van der Waals surface area contributed by atoms with E-state index in [1.807, 2.05) is 13.8 Å². The molecule has 0 aromatic rings. The summed E-state index contributed by atoms with van der Waals surface area (Å²) >= 11 is 0. The molecule has 0 atom stereocenters. The van der Waals surface area contributed by atoms with Gasteiger partial charge in [0.25, 0.3) is 0 Å². The molecule has 0 N–H and O–H groups in total. The van der Waals surface area contributed by atoms with Crippen molar-refractivity contribution in [2.24, 2.45) is 11.8 Å². The molecule has 2 saturated carbocycles. The third-order valence-electron chi connectivity index (χ3n) is 2.79. The van der Waals surface area contributed by atoms with E-state index in [-0.39, 0.29) is 0 Å². The van der Waals surface area contributed by atoms with Crippen molar-refractivity contribution in [3.05, 3.63) is 0 Å². The van der Waals surface area contributed by atoms with Crippen LogP contribution in [0.4, 0.5) is 0 Å². The van der Waals surface area contributed by atoms with Crippen molar-refractivity contribution < 1.29 is 0 Å². The molecule has 2 aliphatic rings. The van der Waals surface area contributed by atoms with Gasteiger partial charge in [0.2, 0.25) is 0 Å². The average Bonchev–Trinajstić information content (AvgIpc) is 2.02. The van der Waals surface area contributed by atoms with Gasteiger partial charge in [0.1, 0.15) is 0 Å². The zero-order valence-electron chi connectivity index (χ0n) is 9.40. The highest BCUT2D eigenvalue weighted by atomic mass is 14.2. The first-order valence-corrected chi connectivity index (χ1v) is 5.79. The van der Waals surface area contributed by atoms with Crippen molar-refractivity contribution in [2.75, 3.05) is 0 Å². The van der Waals surface area contributed by atoms with Crippen LogP contribution in [0.5, 0.6) is 0 Å². The third kappa shape index (κ3) is 5.62. The molecule has 2 aliphatic carbocycles. The molecule has 0 bridgehead atoms. The van der Waals surface area contributed by atoms with E-state index in [9.17, 15) is 0 Å². The maximum Gasteiger partial charge on any atom is -0.0443 e. The van der Waals surface area contributed by atoms with Crippen LogP contribution in [0.25, 0.3) is 0 Å². The Balaban J connectivity index is 0.000000168. The Morgan fingerprint density at radius 2 is 0.833 bits per heavy atom. The average molecular weight is 170 g/mol. The Bertz CT molecular complexity index is 66.0. The van der Waals surface area contributed by atoms with Gasteiger partial charge in [-0.05, 0) is 11.8 Å². The second-order valence-corrected chi connectivity index (χ2v) is 4.07. The van der Waals surface area contributed by atoms with Gasteiger partial charge in [-0.3, -0.25) is 0 Å². The fraction of sp³-hybridized carbons (Fsp3) is 1.00. The summed E-state index contributed by atoms with van der Waals surface area (Å²) in [5, 5.41) is 0. The van der Waals surface area contributed by atoms with E-state index < -0.39 is 0 Å². The molecule has 0 nitrogen and oxygen atoms in total. The summed E-state index contributed by atoms with van der Waals surface area (Å²) in [4.78, 5) is 0. The Morgan fingerprint density at radius 3 is 0.833 bits per heavy atom. The Labute approximate surface area is 78.8 Å². The molecule has 12 heavy (non-hydrogen) atoms. The first-order chi connectivity index (χ1) is 5.79. The SMILES string of the molecule is CC.CC1CCC1.CC1CCC1. The number of rotatable bonds is 0. The van der Waals surface area contributed by atoms with Gasteiger partial charge in [-0.25, -0.2) is 0 Å². The van der Waals surface area contributed by atoms with E-state index in [0.29, 0.717) is 0 Å². The number of hydrogen-bond donors (Lipinski definition) is 0. The first kappa shape index (κ1) is 12.0. The minimum atomic E-state index is 1.06. The van der Waals surface area contributed by atoms with Crippen molar-refractivity contribution in [2.45, 2.75) is 66.2 Å². The van der Waals surface area contributed by atoms with E-state index in [1.165, 1.54) is 38.5 Å². The molecule has 0 heterocycles. The number of hydrogen-bond acceptors (Lipinski definition) is 0. The smallest absolute Gasteiger partial charge is 0.0443 e. The normalized spacial score (nSPS) is 22.0. The van der Waals surface area contributed by atoms with Gasteiger partial charge < -0.3 is 0 Å². The summed E-state index contributed by atoms with van der Waals surface area (Å²) in [7, 11) is 0. The fourth-order valence-electron chi connectivity index (χ4n) is 1.22. The van der Waals surface area contributed by atoms with Crippen LogP contribution in [-0.2, 0) is 0 Å². The molecule has 2 fully saturated rings. The quantitative estimate of drug-likeness (QED) is 0.497. The summed E-state index contributed by atoms with van der Waals surface area (Å²) in [5.41, 5.74) is 0. The zero-order valence-corrected chi connectivity index (χ0v) is 9.40. The summed E-state index contributed by atoms with van der Waals surface area (Å²) in [6, 6.07) is 0. The molecular formula is C12H26. The standard InChI is InChI=1S/2C5H10.C2H6/c2*1-5-3-2-4-5;1-2/h2*5H,2-4H2,1H3;1-2H3. The highest BCUT2D eigenvalue weighted by Crippen LogP contribution is 2.24. The lowest BCUT2D eigenvalue weighted by molar-refractivity contribution is 0.346. The van der Waals surface area contributed by atoms with Gasteiger partial charge in [0.05, 0.1) is 0 Å². The predicted octanol–water partition coefficient (Wildman–Crippen LogP) is 4.64. The van der Waals surface area contributed by atoms with Crippen LogP contribution in [0.1, 0.15) is 66.2 Å². The molecule has 0 spiro atoms. The maximum absolute atomic E-state index is 2.31. The van der Waals surface area contributed by atoms with Gasteiger partial charge >= 0.3 is 0 Å². The van der Waals surface area contributed by atoms with Gasteiger partial charge in [-0.2, -0.15) is 0 Å². The topological polar surface area (TPSA) is 0 Å². The van der Waals surface area contributed by atoms with Crippen molar-refractivity contribution in [3.63, 3.8) is 0 Å². The molecule has 0 aromatic carbocycles. The van der Waals surface area contributed by atoms with Crippen LogP contribution in [0, 0.1) is 11.8 Å². The molecule has 0 aromatic heterocycles. The molecule has 0 saturated heterocycles. The van der Waals surface area contributed by atoms with E-state index in [0.717, 1.165) is 11.8 Å². The van der Waals surface area contributed by atoms with Crippen molar-refractivity contribution >= 4 is 0 Å². The maximum atomic E-state index is 2.31. The summed E-state index contributed by atoms with van der Waals surface area (Å²) in [6.07, 6.45) is 8.92. The Morgan fingerprint density at radius 1 is 0.667 bits per heavy atom. The molecule has 0 aliphatic heterocycles. The summed E-state index contributed by atoms with van der Waals surface area (Å²) in [5.74, 6) is 2.13. The van der Waals surface area contributed by atoms with Crippen LogP contribution in [0.3, 0.4) is 0 Å². The lowest BCUT2D eigenvalue weighted by Gasteiger charge is -2.18. The van der Waals surface area contributed by atoms with Crippen LogP contribution in [-0.4, -0.2) is 0 Å². The first-order valence-electron chi connectivity index (χ1n) is 5.79. The van der Waals surface area contributed by atoms with Gasteiger partial charge in [-0.15, -0.1) is 0 Å². The predicted molar refractivity (Wildman–Crippen MR) is 57.4 cm³/mol. The molecule has 74 valence electrons. The lowest BCUT2D eigenvalue weighted by atomic mass is 9.88. The minimum absolute atomic E-state index is 1.06. The van der Waals surface area contributed by atoms with Gasteiger partial charge in [0.15, 0.2) is 0 Å². The van der Waals surface area contributed by atoms with Crippen molar-refractivity contribution in [3.8, 4) is 0 Å². The second kappa shape index (κ2) is 7.64. The fourth-order valence-corrected chi connectivity index (χ4v) is 1.22. The van der Waals surface area contributed by atoms with E-state index in [4.69, 9.17) is 0 Å². The van der Waals surface area contributed by atoms with E-state index >= 15 is 0 Å². The monoisotopic (exact) mass is 170 g/mol. The molecule has 0 radical (unpaired) electrons. The molecule has 0 heteroatoms. The molecule has 0 amide bonds. The minimum Gasteiger partial charge on any atom is -0.0683 e. The van der Waals surface area contributed by atoms with Crippen molar-refractivity contribution in [1.82, 2.24) is 0 Å². The summed E-state index contributed by atoms with van der Waals surface area (Å²) in [6.45, 7) is 8.62. The van der Waals surface area contributed by atoms with Gasteiger partial charge in [-0.1, -0.05) is 66.2 Å². The molecule has 2 rings (SSSR count). The van der Waals surface area contributed by atoms with Crippen LogP contribution < -0.4 is 0 Å². The van der Waals surface area contributed by atoms with Crippen LogP contribution in [0.15, 0.2) is 0 Å². The second-order valence-electron chi connectivity index (χ2n) is 4.07. The largest absolute Gasteiger partial charge is 0.0683 e. The zero-order chi connectivity index (χ0) is 9.40. The van der Waals surface area contributed by atoms with Crippen LogP contribution in [0.2, 0.25) is 0 Å². The highest BCUT2D eigenvalue weighted by Gasteiger charge is 2.09. The molecule has 0 unspecified atom stereocenters. The Kier molecular flexibility index (Phi) is 7.64. The van der Waals surface area contributed by atoms with E-state index in [1.54, 1.807) is 0 Å². The summed E-state index contributed by atoms with van der Waals surface area (Å²) < 4.78 is 0.